The zero-order chi connectivity index (χ0) is 15.6. The van der Waals surface area contributed by atoms with Gasteiger partial charge < -0.3 is 9.72 Å². The SMILES string of the molecule is O=C1COc2ccccc2N1Cc1ncc(-c2ccccn2)[nH]1. The summed E-state index contributed by atoms with van der Waals surface area (Å²) in [6.07, 6.45) is 3.46. The van der Waals surface area contributed by atoms with Crippen molar-refractivity contribution in [2.45, 2.75) is 6.54 Å². The fourth-order valence-electron chi connectivity index (χ4n) is 2.57. The van der Waals surface area contributed by atoms with E-state index < -0.39 is 0 Å². The number of nitrogens with one attached hydrogen (secondary N) is 1. The summed E-state index contributed by atoms with van der Waals surface area (Å²) in [7, 11) is 0. The first-order valence-corrected chi connectivity index (χ1v) is 7.29. The van der Waals surface area contributed by atoms with Crippen molar-refractivity contribution in [2.24, 2.45) is 0 Å². The molecule has 1 aliphatic heterocycles. The Morgan fingerprint density at radius 2 is 2.00 bits per heavy atom. The molecule has 0 fully saturated rings. The number of aromatic nitrogens is 3. The second-order valence-electron chi connectivity index (χ2n) is 5.19. The number of ether oxygens (including phenoxy) is 1. The highest BCUT2D eigenvalue weighted by molar-refractivity contribution is 5.97. The predicted octanol–water partition coefficient (Wildman–Crippen LogP) is 2.40. The van der Waals surface area contributed by atoms with Crippen LogP contribution in [0.25, 0.3) is 11.4 Å². The summed E-state index contributed by atoms with van der Waals surface area (Å²) < 4.78 is 5.45. The number of H-pyrrole nitrogens is 1. The van der Waals surface area contributed by atoms with Crippen LogP contribution in [0, 0.1) is 0 Å². The highest BCUT2D eigenvalue weighted by atomic mass is 16.5. The molecule has 114 valence electrons. The van der Waals surface area contributed by atoms with Crippen molar-refractivity contribution in [1.29, 1.82) is 0 Å². The summed E-state index contributed by atoms with van der Waals surface area (Å²) in [5, 5.41) is 0. The third kappa shape index (κ3) is 2.55. The standard InChI is InChI=1S/C17H14N4O2/c22-17-11-23-15-7-2-1-6-14(15)21(17)10-16-19-9-13(20-16)12-5-3-4-8-18-12/h1-9H,10-11H2,(H,19,20). The van der Waals surface area contributed by atoms with Crippen molar-refractivity contribution >= 4 is 11.6 Å². The molecule has 6 heteroatoms. The molecule has 1 N–H and O–H groups in total. The van der Waals surface area contributed by atoms with Gasteiger partial charge in [-0.25, -0.2) is 4.98 Å². The number of amides is 1. The Kier molecular flexibility index (Phi) is 3.27. The van der Waals surface area contributed by atoms with Gasteiger partial charge in [-0.15, -0.1) is 0 Å². The van der Waals surface area contributed by atoms with E-state index in [2.05, 4.69) is 15.0 Å². The Morgan fingerprint density at radius 1 is 1.13 bits per heavy atom. The second-order valence-corrected chi connectivity index (χ2v) is 5.19. The Balaban J connectivity index is 1.61. The summed E-state index contributed by atoms with van der Waals surface area (Å²) in [6.45, 7) is 0.414. The summed E-state index contributed by atoms with van der Waals surface area (Å²) in [4.78, 5) is 25.7. The van der Waals surface area contributed by atoms with Gasteiger partial charge in [-0.2, -0.15) is 0 Å². The zero-order valence-corrected chi connectivity index (χ0v) is 12.3. The van der Waals surface area contributed by atoms with Crippen LogP contribution in [0.2, 0.25) is 0 Å². The quantitative estimate of drug-likeness (QED) is 0.806. The molecular formula is C17H14N4O2. The van der Waals surface area contributed by atoms with Gasteiger partial charge >= 0.3 is 0 Å². The predicted molar refractivity (Wildman–Crippen MR) is 84.9 cm³/mol. The maximum Gasteiger partial charge on any atom is 0.265 e. The normalized spacial score (nSPS) is 13.6. The number of hydrogen-bond donors (Lipinski definition) is 1. The molecule has 6 nitrogen and oxygen atoms in total. The maximum absolute atomic E-state index is 12.2. The van der Waals surface area contributed by atoms with Crippen molar-refractivity contribution in [3.8, 4) is 17.1 Å². The van der Waals surface area contributed by atoms with Gasteiger partial charge in [0.2, 0.25) is 0 Å². The molecule has 3 heterocycles. The van der Waals surface area contributed by atoms with Crippen LogP contribution in [0.1, 0.15) is 5.82 Å². The van der Waals surface area contributed by atoms with E-state index >= 15 is 0 Å². The highest BCUT2D eigenvalue weighted by Gasteiger charge is 2.26. The van der Waals surface area contributed by atoms with E-state index in [9.17, 15) is 4.79 Å². The van der Waals surface area contributed by atoms with Crippen LogP contribution < -0.4 is 9.64 Å². The topological polar surface area (TPSA) is 71.1 Å². The van der Waals surface area contributed by atoms with Crippen LogP contribution in [0.5, 0.6) is 5.75 Å². The molecule has 2 aromatic heterocycles. The molecule has 1 aliphatic rings. The van der Waals surface area contributed by atoms with Crippen molar-refractivity contribution < 1.29 is 9.53 Å². The molecule has 0 unspecified atom stereocenters. The van der Waals surface area contributed by atoms with E-state index in [-0.39, 0.29) is 12.5 Å². The first-order chi connectivity index (χ1) is 11.3. The third-order valence-electron chi connectivity index (χ3n) is 3.69. The van der Waals surface area contributed by atoms with Gasteiger partial charge in [-0.05, 0) is 24.3 Å². The average molecular weight is 306 g/mol. The molecule has 0 atom stereocenters. The second kappa shape index (κ2) is 5.57. The van der Waals surface area contributed by atoms with Gasteiger partial charge in [0.25, 0.3) is 5.91 Å². The lowest BCUT2D eigenvalue weighted by Crippen LogP contribution is -2.38. The van der Waals surface area contributed by atoms with Gasteiger partial charge in [-0.3, -0.25) is 14.7 Å². The molecule has 0 bridgehead atoms. The van der Waals surface area contributed by atoms with Gasteiger partial charge in [0, 0.05) is 6.20 Å². The van der Waals surface area contributed by atoms with Gasteiger partial charge in [0.05, 0.1) is 29.8 Å². The number of fused-ring (bicyclic) bond motifs is 1. The summed E-state index contributed by atoms with van der Waals surface area (Å²) in [6, 6.07) is 13.2. The van der Waals surface area contributed by atoms with Gasteiger partial charge in [0.1, 0.15) is 11.6 Å². The van der Waals surface area contributed by atoms with Crippen molar-refractivity contribution in [1.82, 2.24) is 15.0 Å². The van der Waals surface area contributed by atoms with Crippen LogP contribution in [-0.4, -0.2) is 27.5 Å². The number of rotatable bonds is 3. The van der Waals surface area contributed by atoms with E-state index in [1.807, 2.05) is 42.5 Å². The Hall–Kier alpha value is -3.15. The molecule has 1 aromatic carbocycles. The largest absolute Gasteiger partial charge is 0.482 e. The highest BCUT2D eigenvalue weighted by Crippen LogP contribution is 2.32. The number of aromatic amines is 1. The van der Waals surface area contributed by atoms with Crippen LogP contribution in [-0.2, 0) is 11.3 Å². The minimum absolute atomic E-state index is 0.0464. The van der Waals surface area contributed by atoms with Crippen LogP contribution in [0.4, 0.5) is 5.69 Å². The molecule has 4 rings (SSSR count). The first-order valence-electron chi connectivity index (χ1n) is 7.29. The number of benzene rings is 1. The van der Waals surface area contributed by atoms with Crippen LogP contribution in [0.15, 0.2) is 54.9 Å². The summed E-state index contributed by atoms with van der Waals surface area (Å²) in [5.74, 6) is 1.33. The van der Waals surface area contributed by atoms with Crippen LogP contribution in [0.3, 0.4) is 0 Å². The molecule has 23 heavy (non-hydrogen) atoms. The number of carbonyl (C=O) groups is 1. The molecule has 0 spiro atoms. The number of para-hydroxylation sites is 2. The van der Waals surface area contributed by atoms with Crippen LogP contribution >= 0.6 is 0 Å². The first kappa shape index (κ1) is 13.5. The number of carbonyl (C=O) groups excluding carboxylic acids is 1. The smallest absolute Gasteiger partial charge is 0.265 e. The zero-order valence-electron chi connectivity index (χ0n) is 12.3. The van der Waals surface area contributed by atoms with E-state index in [0.717, 1.165) is 17.1 Å². The molecule has 3 aromatic rings. The lowest BCUT2D eigenvalue weighted by molar-refractivity contribution is -0.121. The van der Waals surface area contributed by atoms with E-state index in [1.54, 1.807) is 17.3 Å². The summed E-state index contributed by atoms with van der Waals surface area (Å²) in [5.41, 5.74) is 2.41. The Labute approximate surface area is 132 Å². The number of pyridine rings is 1. The fourth-order valence-corrected chi connectivity index (χ4v) is 2.57. The van der Waals surface area contributed by atoms with Gasteiger partial charge in [-0.1, -0.05) is 18.2 Å². The van der Waals surface area contributed by atoms with Crippen molar-refractivity contribution in [3.63, 3.8) is 0 Å². The summed E-state index contributed by atoms with van der Waals surface area (Å²) >= 11 is 0. The lowest BCUT2D eigenvalue weighted by Gasteiger charge is -2.28. The maximum atomic E-state index is 12.2. The monoisotopic (exact) mass is 306 g/mol. The van der Waals surface area contributed by atoms with Crippen molar-refractivity contribution in [3.05, 3.63) is 60.7 Å². The molecule has 1 amide bonds. The molecule has 0 saturated heterocycles. The third-order valence-corrected chi connectivity index (χ3v) is 3.69. The Morgan fingerprint density at radius 3 is 2.87 bits per heavy atom. The van der Waals surface area contributed by atoms with E-state index in [4.69, 9.17) is 4.74 Å². The molecule has 0 aliphatic carbocycles. The average Bonchev–Trinajstić information content (AvgIpc) is 3.07. The Bertz CT molecular complexity index is 845. The number of imidazole rings is 1. The van der Waals surface area contributed by atoms with Gasteiger partial charge in [0.15, 0.2) is 6.61 Å². The minimum Gasteiger partial charge on any atom is -0.482 e. The van der Waals surface area contributed by atoms with Crippen molar-refractivity contribution in [2.75, 3.05) is 11.5 Å². The number of hydrogen-bond acceptors (Lipinski definition) is 4. The molecular weight excluding hydrogens is 292 g/mol. The number of anilines is 1. The van der Waals surface area contributed by atoms with E-state index in [1.165, 1.54) is 0 Å². The lowest BCUT2D eigenvalue weighted by atomic mass is 10.2. The minimum atomic E-state index is -0.0838. The molecule has 0 radical (unpaired) electrons. The fraction of sp³-hybridized carbons (Fsp3) is 0.118. The molecule has 0 saturated carbocycles. The van der Waals surface area contributed by atoms with E-state index in [0.29, 0.717) is 18.1 Å². The number of nitrogens with zero attached hydrogens (tertiary/aromatic N) is 3.